The van der Waals surface area contributed by atoms with Crippen molar-refractivity contribution in [1.82, 2.24) is 0 Å². The van der Waals surface area contributed by atoms with E-state index >= 15 is 0 Å². The second kappa shape index (κ2) is 5.39. The highest BCUT2D eigenvalue weighted by Gasteiger charge is 1.99. The van der Waals surface area contributed by atoms with E-state index in [4.69, 9.17) is 4.42 Å². The predicted molar refractivity (Wildman–Crippen MR) is 74.6 cm³/mol. The first-order valence-electron chi connectivity index (χ1n) is 5.35. The lowest BCUT2D eigenvalue weighted by molar-refractivity contribution is 0.476. The van der Waals surface area contributed by atoms with Crippen LogP contribution in [-0.2, 0) is 13.0 Å². The third-order valence-corrected chi connectivity index (χ3v) is 3.10. The molecule has 0 amide bonds. The molecule has 0 saturated carbocycles. The Balaban J connectivity index is 1.94. The van der Waals surface area contributed by atoms with Crippen molar-refractivity contribution >= 4 is 28.3 Å². The number of nitrogens with one attached hydrogen (secondary N) is 1. The number of hydrogen-bond acceptors (Lipinski definition) is 2. The highest BCUT2D eigenvalue weighted by Crippen LogP contribution is 2.14. The molecule has 0 spiro atoms. The Morgan fingerprint density at radius 3 is 2.38 bits per heavy atom. The summed E-state index contributed by atoms with van der Waals surface area (Å²) in [7, 11) is 0. The smallest absolute Gasteiger partial charge is 0.123 e. The van der Waals surface area contributed by atoms with Crippen LogP contribution in [0, 0.1) is 3.57 Å². The maximum Gasteiger partial charge on any atom is 0.123 e. The van der Waals surface area contributed by atoms with Gasteiger partial charge in [0.15, 0.2) is 0 Å². The Bertz CT molecular complexity index is 447. The molecule has 2 nitrogen and oxygen atoms in total. The zero-order valence-corrected chi connectivity index (χ0v) is 11.3. The van der Waals surface area contributed by atoms with Crippen LogP contribution in [0.5, 0.6) is 0 Å². The summed E-state index contributed by atoms with van der Waals surface area (Å²) < 4.78 is 6.86. The van der Waals surface area contributed by atoms with Crippen molar-refractivity contribution in [2.24, 2.45) is 0 Å². The van der Waals surface area contributed by atoms with E-state index in [1.807, 2.05) is 12.1 Å². The first-order valence-corrected chi connectivity index (χ1v) is 6.43. The van der Waals surface area contributed by atoms with E-state index in [-0.39, 0.29) is 0 Å². The monoisotopic (exact) mass is 327 g/mol. The van der Waals surface area contributed by atoms with Crippen molar-refractivity contribution in [3.8, 4) is 0 Å². The third-order valence-electron chi connectivity index (χ3n) is 2.38. The summed E-state index contributed by atoms with van der Waals surface area (Å²) in [6.45, 7) is 2.83. The fourth-order valence-electron chi connectivity index (χ4n) is 1.46. The Hall–Kier alpha value is -0.970. The fourth-order valence-corrected chi connectivity index (χ4v) is 1.82. The standard InChI is InChI=1S/C13H14INO/c1-2-12-7-8-13(16-12)9-15-11-5-3-10(14)4-6-11/h3-8,15H,2,9H2,1H3. The van der Waals surface area contributed by atoms with Gasteiger partial charge in [0.05, 0.1) is 6.54 Å². The van der Waals surface area contributed by atoms with Crippen LogP contribution in [0.1, 0.15) is 18.4 Å². The van der Waals surface area contributed by atoms with Gasteiger partial charge in [-0.15, -0.1) is 0 Å². The maximum atomic E-state index is 5.61. The number of hydrogen-bond donors (Lipinski definition) is 1. The van der Waals surface area contributed by atoms with Crippen LogP contribution in [0.3, 0.4) is 0 Å². The molecule has 0 unspecified atom stereocenters. The van der Waals surface area contributed by atoms with Gasteiger partial charge in [-0.1, -0.05) is 6.92 Å². The van der Waals surface area contributed by atoms with Gasteiger partial charge in [-0.2, -0.15) is 0 Å². The number of halogens is 1. The number of benzene rings is 1. The molecular weight excluding hydrogens is 313 g/mol. The highest BCUT2D eigenvalue weighted by atomic mass is 127. The molecule has 0 aliphatic heterocycles. The Labute approximate surface area is 109 Å². The van der Waals surface area contributed by atoms with Crippen LogP contribution < -0.4 is 5.32 Å². The van der Waals surface area contributed by atoms with E-state index in [0.717, 1.165) is 30.2 Å². The molecule has 16 heavy (non-hydrogen) atoms. The average Bonchev–Trinajstić information content (AvgIpc) is 2.76. The normalized spacial score (nSPS) is 10.4. The van der Waals surface area contributed by atoms with Crippen LogP contribution in [0.25, 0.3) is 0 Å². The van der Waals surface area contributed by atoms with Crippen LogP contribution in [0.4, 0.5) is 5.69 Å². The minimum Gasteiger partial charge on any atom is -0.464 e. The largest absolute Gasteiger partial charge is 0.464 e. The van der Waals surface area contributed by atoms with Gasteiger partial charge in [0.1, 0.15) is 11.5 Å². The topological polar surface area (TPSA) is 25.2 Å². The molecule has 0 atom stereocenters. The van der Waals surface area contributed by atoms with Gasteiger partial charge in [0.25, 0.3) is 0 Å². The van der Waals surface area contributed by atoms with Crippen LogP contribution >= 0.6 is 22.6 Å². The summed E-state index contributed by atoms with van der Waals surface area (Å²) in [5, 5.41) is 3.33. The number of rotatable bonds is 4. The third kappa shape index (κ3) is 3.01. The predicted octanol–water partition coefficient (Wildman–Crippen LogP) is 4.06. The second-order valence-electron chi connectivity index (χ2n) is 3.58. The SMILES string of the molecule is CCc1ccc(CNc2ccc(I)cc2)o1. The molecule has 2 rings (SSSR count). The van der Waals surface area contributed by atoms with Gasteiger partial charge in [0.2, 0.25) is 0 Å². The minimum atomic E-state index is 0.737. The molecule has 1 N–H and O–H groups in total. The first-order chi connectivity index (χ1) is 7.78. The molecule has 84 valence electrons. The number of aryl methyl sites for hydroxylation is 1. The zero-order valence-electron chi connectivity index (χ0n) is 9.16. The van der Waals surface area contributed by atoms with E-state index in [9.17, 15) is 0 Å². The summed E-state index contributed by atoms with van der Waals surface area (Å²) in [5.74, 6) is 2.02. The van der Waals surface area contributed by atoms with Crippen LogP contribution in [0.15, 0.2) is 40.8 Å². The lowest BCUT2D eigenvalue weighted by Crippen LogP contribution is -1.97. The van der Waals surface area contributed by atoms with E-state index in [1.165, 1.54) is 3.57 Å². The summed E-state index contributed by atoms with van der Waals surface area (Å²) >= 11 is 2.30. The van der Waals surface area contributed by atoms with Crippen LogP contribution in [-0.4, -0.2) is 0 Å². The van der Waals surface area contributed by atoms with E-state index in [1.54, 1.807) is 0 Å². The summed E-state index contributed by atoms with van der Waals surface area (Å²) in [6, 6.07) is 12.4. The summed E-state index contributed by atoms with van der Waals surface area (Å²) in [6.07, 6.45) is 0.948. The molecule has 1 aromatic carbocycles. The first kappa shape index (κ1) is 11.5. The maximum absolute atomic E-state index is 5.61. The van der Waals surface area contributed by atoms with Gasteiger partial charge < -0.3 is 9.73 Å². The van der Waals surface area contributed by atoms with Gasteiger partial charge in [-0.3, -0.25) is 0 Å². The zero-order chi connectivity index (χ0) is 11.4. The molecule has 2 aromatic rings. The molecule has 0 saturated heterocycles. The molecule has 0 fully saturated rings. The van der Waals surface area contributed by atoms with Gasteiger partial charge in [-0.05, 0) is 59.0 Å². The molecule has 0 bridgehead atoms. The minimum absolute atomic E-state index is 0.737. The van der Waals surface area contributed by atoms with E-state index < -0.39 is 0 Å². The van der Waals surface area contributed by atoms with Crippen molar-refractivity contribution in [1.29, 1.82) is 0 Å². The molecule has 1 heterocycles. The Morgan fingerprint density at radius 1 is 1.06 bits per heavy atom. The Kier molecular flexibility index (Phi) is 3.88. The molecule has 3 heteroatoms. The second-order valence-corrected chi connectivity index (χ2v) is 4.83. The van der Waals surface area contributed by atoms with Gasteiger partial charge >= 0.3 is 0 Å². The van der Waals surface area contributed by atoms with Crippen molar-refractivity contribution < 1.29 is 4.42 Å². The lowest BCUT2D eigenvalue weighted by Gasteiger charge is -2.04. The fraction of sp³-hybridized carbons (Fsp3) is 0.231. The number of furan rings is 1. The quantitative estimate of drug-likeness (QED) is 0.857. The molecule has 0 aliphatic rings. The van der Waals surface area contributed by atoms with Crippen molar-refractivity contribution in [2.75, 3.05) is 5.32 Å². The van der Waals surface area contributed by atoms with Crippen LogP contribution in [0.2, 0.25) is 0 Å². The molecule has 1 aromatic heterocycles. The van der Waals surface area contributed by atoms with Crippen molar-refractivity contribution in [3.63, 3.8) is 0 Å². The van der Waals surface area contributed by atoms with Crippen molar-refractivity contribution in [3.05, 3.63) is 51.5 Å². The average molecular weight is 327 g/mol. The van der Waals surface area contributed by atoms with E-state index in [0.29, 0.717) is 0 Å². The molecule has 0 radical (unpaired) electrons. The molecular formula is C13H14INO. The van der Waals surface area contributed by atoms with Gasteiger partial charge in [-0.25, -0.2) is 0 Å². The number of anilines is 1. The lowest BCUT2D eigenvalue weighted by atomic mass is 10.3. The Morgan fingerprint density at radius 2 is 1.75 bits per heavy atom. The summed E-state index contributed by atoms with van der Waals surface area (Å²) in [4.78, 5) is 0. The van der Waals surface area contributed by atoms with Gasteiger partial charge in [0, 0.05) is 15.7 Å². The highest BCUT2D eigenvalue weighted by molar-refractivity contribution is 14.1. The van der Waals surface area contributed by atoms with E-state index in [2.05, 4.69) is 59.1 Å². The van der Waals surface area contributed by atoms with Crippen molar-refractivity contribution in [2.45, 2.75) is 19.9 Å². The molecule has 0 aliphatic carbocycles. The summed E-state index contributed by atoms with van der Waals surface area (Å²) in [5.41, 5.74) is 1.12.